The topological polar surface area (TPSA) is 81.9 Å². The molecule has 0 amide bonds. The lowest BCUT2D eigenvalue weighted by atomic mass is 10.2. The van der Waals surface area contributed by atoms with Gasteiger partial charge in [0.25, 0.3) is 0 Å². The zero-order valence-corrected chi connectivity index (χ0v) is 11.0. The fourth-order valence-corrected chi connectivity index (χ4v) is 1.70. The Morgan fingerprint density at radius 2 is 2.05 bits per heavy atom. The molecule has 0 fully saturated rings. The van der Waals surface area contributed by atoms with Crippen molar-refractivity contribution in [2.24, 2.45) is 5.10 Å². The van der Waals surface area contributed by atoms with E-state index in [2.05, 4.69) is 10.5 Å². The zero-order chi connectivity index (χ0) is 14.5. The summed E-state index contributed by atoms with van der Waals surface area (Å²) in [5, 5.41) is 22.4. The second kappa shape index (κ2) is 6.08. The summed E-state index contributed by atoms with van der Waals surface area (Å²) in [5.41, 5.74) is 4.17. The molecule has 0 unspecified atom stereocenters. The van der Waals surface area contributed by atoms with Crippen LogP contribution in [0.5, 0.6) is 5.75 Å². The van der Waals surface area contributed by atoms with Crippen LogP contribution in [-0.2, 0) is 0 Å². The number of nitrogens with one attached hydrogen (secondary N) is 1. The van der Waals surface area contributed by atoms with Gasteiger partial charge in [0.1, 0.15) is 5.75 Å². The number of rotatable bonds is 4. The third kappa shape index (κ3) is 3.49. The van der Waals surface area contributed by atoms with Gasteiger partial charge in [-0.15, -0.1) is 0 Å². The van der Waals surface area contributed by atoms with Crippen molar-refractivity contribution in [3.05, 3.63) is 58.6 Å². The maximum Gasteiger partial charge on any atom is 0.335 e. The van der Waals surface area contributed by atoms with Gasteiger partial charge in [0.05, 0.1) is 22.5 Å². The minimum atomic E-state index is -0.997. The van der Waals surface area contributed by atoms with Crippen molar-refractivity contribution < 1.29 is 15.0 Å². The predicted octanol–water partition coefficient (Wildman–Crippen LogP) is 3.19. The van der Waals surface area contributed by atoms with Gasteiger partial charge in [-0.1, -0.05) is 17.7 Å². The molecule has 5 nitrogen and oxygen atoms in total. The molecule has 0 aromatic heterocycles. The molecule has 0 saturated heterocycles. The van der Waals surface area contributed by atoms with Crippen molar-refractivity contribution in [2.45, 2.75) is 0 Å². The number of phenolic OH excluding ortho intramolecular Hbond substituents is 1. The molecule has 2 aromatic rings. The lowest BCUT2D eigenvalue weighted by Gasteiger charge is -2.02. The van der Waals surface area contributed by atoms with Gasteiger partial charge in [0.2, 0.25) is 0 Å². The molecule has 0 bridgehead atoms. The van der Waals surface area contributed by atoms with Gasteiger partial charge < -0.3 is 10.2 Å². The third-order valence-corrected chi connectivity index (χ3v) is 2.79. The van der Waals surface area contributed by atoms with Gasteiger partial charge in [-0.2, -0.15) is 5.10 Å². The van der Waals surface area contributed by atoms with E-state index in [1.807, 2.05) is 0 Å². The number of halogens is 1. The number of hydrazone groups is 1. The molecule has 0 heterocycles. The summed E-state index contributed by atoms with van der Waals surface area (Å²) < 4.78 is 0. The Labute approximate surface area is 120 Å². The number of carboxylic acids is 1. The van der Waals surface area contributed by atoms with E-state index in [1.54, 1.807) is 24.3 Å². The van der Waals surface area contributed by atoms with E-state index in [-0.39, 0.29) is 16.3 Å². The molecule has 2 aromatic carbocycles. The highest BCUT2D eigenvalue weighted by molar-refractivity contribution is 6.32. The van der Waals surface area contributed by atoms with Crippen molar-refractivity contribution in [1.82, 2.24) is 0 Å². The van der Waals surface area contributed by atoms with Gasteiger partial charge in [-0.05, 0) is 42.0 Å². The van der Waals surface area contributed by atoms with E-state index in [0.29, 0.717) is 11.3 Å². The Balaban J connectivity index is 2.07. The van der Waals surface area contributed by atoms with Crippen LogP contribution in [0.4, 0.5) is 5.69 Å². The van der Waals surface area contributed by atoms with Crippen LogP contribution in [0.3, 0.4) is 0 Å². The quantitative estimate of drug-likeness (QED) is 0.596. The summed E-state index contributed by atoms with van der Waals surface area (Å²) in [6.07, 6.45) is 1.51. The van der Waals surface area contributed by atoms with E-state index in [4.69, 9.17) is 16.7 Å². The first-order valence-corrected chi connectivity index (χ1v) is 6.05. The largest absolute Gasteiger partial charge is 0.506 e. The summed E-state index contributed by atoms with van der Waals surface area (Å²) in [5.74, 6) is -0.992. The van der Waals surface area contributed by atoms with Gasteiger partial charge in [-0.25, -0.2) is 4.79 Å². The summed E-state index contributed by atoms with van der Waals surface area (Å²) in [4.78, 5) is 10.8. The highest BCUT2D eigenvalue weighted by Crippen LogP contribution is 2.22. The SMILES string of the molecule is O=C(O)c1cccc(NN=Cc2ccc(O)c(Cl)c2)c1. The van der Waals surface area contributed by atoms with E-state index >= 15 is 0 Å². The van der Waals surface area contributed by atoms with Crippen molar-refractivity contribution in [2.75, 3.05) is 5.43 Å². The average Bonchev–Trinajstić information content (AvgIpc) is 2.43. The predicted molar refractivity (Wildman–Crippen MR) is 77.7 cm³/mol. The van der Waals surface area contributed by atoms with E-state index < -0.39 is 5.97 Å². The normalized spacial score (nSPS) is 10.7. The number of hydrogen-bond acceptors (Lipinski definition) is 4. The van der Waals surface area contributed by atoms with Gasteiger partial charge in [0.15, 0.2) is 0 Å². The monoisotopic (exact) mass is 290 g/mol. The number of aromatic carboxylic acids is 1. The Morgan fingerprint density at radius 1 is 1.25 bits per heavy atom. The Hall–Kier alpha value is -2.53. The first-order valence-electron chi connectivity index (χ1n) is 5.67. The van der Waals surface area contributed by atoms with Crippen molar-refractivity contribution in [3.63, 3.8) is 0 Å². The van der Waals surface area contributed by atoms with Crippen LogP contribution in [0.2, 0.25) is 5.02 Å². The van der Waals surface area contributed by atoms with Crippen LogP contribution < -0.4 is 5.43 Å². The Kier molecular flexibility index (Phi) is 4.22. The number of aromatic hydroxyl groups is 1. The minimum absolute atomic E-state index is 0.00550. The lowest BCUT2D eigenvalue weighted by Crippen LogP contribution is -1.97. The molecule has 102 valence electrons. The molecule has 2 rings (SSSR count). The Bertz CT molecular complexity index is 671. The van der Waals surface area contributed by atoms with Gasteiger partial charge in [0, 0.05) is 0 Å². The van der Waals surface area contributed by atoms with E-state index in [0.717, 1.165) is 0 Å². The highest BCUT2D eigenvalue weighted by atomic mass is 35.5. The standard InChI is InChI=1S/C14H11ClN2O3/c15-12-6-9(4-5-13(12)18)8-16-17-11-3-1-2-10(7-11)14(19)20/h1-8,17-18H,(H,19,20). The first-order chi connectivity index (χ1) is 9.56. The highest BCUT2D eigenvalue weighted by Gasteiger charge is 2.02. The second-order valence-corrected chi connectivity index (χ2v) is 4.37. The zero-order valence-electron chi connectivity index (χ0n) is 10.2. The molecule has 20 heavy (non-hydrogen) atoms. The van der Waals surface area contributed by atoms with Crippen LogP contribution in [0.25, 0.3) is 0 Å². The molecular formula is C14H11ClN2O3. The van der Waals surface area contributed by atoms with Crippen molar-refractivity contribution in [3.8, 4) is 5.75 Å². The maximum absolute atomic E-state index is 10.8. The molecule has 0 radical (unpaired) electrons. The molecule has 0 saturated carbocycles. The minimum Gasteiger partial charge on any atom is -0.506 e. The third-order valence-electron chi connectivity index (χ3n) is 2.49. The molecule has 0 aliphatic rings. The molecule has 3 N–H and O–H groups in total. The van der Waals surface area contributed by atoms with E-state index in [9.17, 15) is 9.90 Å². The van der Waals surface area contributed by atoms with Crippen LogP contribution in [0, 0.1) is 0 Å². The Morgan fingerprint density at radius 3 is 2.75 bits per heavy atom. The van der Waals surface area contributed by atoms with E-state index in [1.165, 1.54) is 24.4 Å². The number of carboxylic acid groups (broad SMARTS) is 1. The number of nitrogens with zero attached hydrogens (tertiary/aromatic N) is 1. The number of carbonyl (C=O) groups is 1. The first kappa shape index (κ1) is 13.9. The smallest absolute Gasteiger partial charge is 0.335 e. The second-order valence-electron chi connectivity index (χ2n) is 3.97. The molecule has 0 aliphatic heterocycles. The summed E-state index contributed by atoms with van der Waals surface area (Å²) >= 11 is 5.77. The summed E-state index contributed by atoms with van der Waals surface area (Å²) in [7, 11) is 0. The van der Waals surface area contributed by atoms with Crippen molar-refractivity contribution in [1.29, 1.82) is 0 Å². The fourth-order valence-electron chi connectivity index (χ4n) is 1.51. The number of benzene rings is 2. The molecular weight excluding hydrogens is 280 g/mol. The van der Waals surface area contributed by atoms with Crippen molar-refractivity contribution >= 4 is 29.5 Å². The molecule has 6 heteroatoms. The fraction of sp³-hybridized carbons (Fsp3) is 0. The number of hydrogen-bond donors (Lipinski definition) is 3. The van der Waals surface area contributed by atoms with Crippen LogP contribution in [-0.4, -0.2) is 22.4 Å². The van der Waals surface area contributed by atoms with Crippen LogP contribution >= 0.6 is 11.6 Å². The number of phenols is 1. The van der Waals surface area contributed by atoms with Gasteiger partial charge >= 0.3 is 5.97 Å². The summed E-state index contributed by atoms with van der Waals surface area (Å²) in [6.45, 7) is 0. The molecule has 0 spiro atoms. The lowest BCUT2D eigenvalue weighted by molar-refractivity contribution is 0.0697. The average molecular weight is 291 g/mol. The maximum atomic E-state index is 10.8. The number of anilines is 1. The molecule has 0 atom stereocenters. The molecule has 0 aliphatic carbocycles. The van der Waals surface area contributed by atoms with Crippen LogP contribution in [0.1, 0.15) is 15.9 Å². The van der Waals surface area contributed by atoms with Crippen LogP contribution in [0.15, 0.2) is 47.6 Å². The summed E-state index contributed by atoms with van der Waals surface area (Å²) in [6, 6.07) is 11.0. The van der Waals surface area contributed by atoms with Gasteiger partial charge in [-0.3, -0.25) is 5.43 Å².